The molecule has 6 nitrogen and oxygen atoms in total. The summed E-state index contributed by atoms with van der Waals surface area (Å²) in [6, 6.07) is 19.6. The lowest BCUT2D eigenvalue weighted by atomic mass is 10.1. The third-order valence-electron chi connectivity index (χ3n) is 4.71. The van der Waals surface area contributed by atoms with Crippen molar-refractivity contribution < 1.29 is 19.1 Å². The van der Waals surface area contributed by atoms with Crippen molar-refractivity contribution in [1.82, 2.24) is 5.32 Å². The molecule has 0 aliphatic rings. The van der Waals surface area contributed by atoms with E-state index in [4.69, 9.17) is 9.47 Å². The highest BCUT2D eigenvalue weighted by Gasteiger charge is 2.14. The molecular formula is C24H24N2O4. The van der Waals surface area contributed by atoms with Crippen LogP contribution in [0.25, 0.3) is 0 Å². The molecule has 0 spiro atoms. The number of aryl methyl sites for hydroxylation is 1. The number of hydrogen-bond donors (Lipinski definition) is 2. The van der Waals surface area contributed by atoms with E-state index in [1.807, 2.05) is 31.2 Å². The van der Waals surface area contributed by atoms with E-state index in [2.05, 4.69) is 10.6 Å². The van der Waals surface area contributed by atoms with Gasteiger partial charge in [0.2, 0.25) is 0 Å². The maximum absolute atomic E-state index is 12.7. The normalized spacial score (nSPS) is 10.2. The number of methoxy groups -OCH3 is 2. The first-order valence-electron chi connectivity index (χ1n) is 9.48. The molecule has 0 bridgehead atoms. The first kappa shape index (κ1) is 20.9. The van der Waals surface area contributed by atoms with Crippen molar-refractivity contribution in [2.45, 2.75) is 13.5 Å². The van der Waals surface area contributed by atoms with Crippen LogP contribution in [0.15, 0.2) is 66.7 Å². The third kappa shape index (κ3) is 4.78. The van der Waals surface area contributed by atoms with Crippen LogP contribution in [0, 0.1) is 6.92 Å². The van der Waals surface area contributed by atoms with E-state index in [9.17, 15) is 9.59 Å². The van der Waals surface area contributed by atoms with Gasteiger partial charge in [-0.2, -0.15) is 0 Å². The zero-order valence-electron chi connectivity index (χ0n) is 17.2. The summed E-state index contributed by atoms with van der Waals surface area (Å²) in [6.45, 7) is 2.15. The van der Waals surface area contributed by atoms with Gasteiger partial charge in [0, 0.05) is 28.9 Å². The predicted octanol–water partition coefficient (Wildman–Crippen LogP) is 4.19. The van der Waals surface area contributed by atoms with Crippen molar-refractivity contribution in [2.24, 2.45) is 0 Å². The molecule has 0 fully saturated rings. The first-order valence-corrected chi connectivity index (χ1v) is 9.48. The number of ether oxygens (including phenoxy) is 2. The third-order valence-corrected chi connectivity index (χ3v) is 4.71. The van der Waals surface area contributed by atoms with Gasteiger partial charge in [-0.25, -0.2) is 0 Å². The summed E-state index contributed by atoms with van der Waals surface area (Å²) in [5, 5.41) is 5.76. The largest absolute Gasteiger partial charge is 0.493 e. The van der Waals surface area contributed by atoms with Crippen molar-refractivity contribution >= 4 is 17.5 Å². The highest BCUT2D eigenvalue weighted by atomic mass is 16.5. The number of benzene rings is 3. The molecule has 0 aliphatic heterocycles. The number of amides is 2. The van der Waals surface area contributed by atoms with Crippen molar-refractivity contribution in [3.05, 3.63) is 89.0 Å². The van der Waals surface area contributed by atoms with Crippen LogP contribution < -0.4 is 20.1 Å². The molecule has 0 heterocycles. The van der Waals surface area contributed by atoms with Gasteiger partial charge in [0.15, 0.2) is 11.5 Å². The van der Waals surface area contributed by atoms with E-state index < -0.39 is 0 Å². The minimum absolute atomic E-state index is 0.225. The highest BCUT2D eigenvalue weighted by molar-refractivity contribution is 6.05. The molecule has 0 saturated heterocycles. The van der Waals surface area contributed by atoms with Gasteiger partial charge in [0.05, 0.1) is 14.2 Å². The first-order chi connectivity index (χ1) is 14.5. The van der Waals surface area contributed by atoms with Crippen LogP contribution in [0.5, 0.6) is 11.5 Å². The second kappa shape index (κ2) is 9.60. The van der Waals surface area contributed by atoms with Crippen LogP contribution in [-0.4, -0.2) is 26.0 Å². The minimum atomic E-state index is -0.255. The van der Waals surface area contributed by atoms with E-state index in [0.717, 1.165) is 11.1 Å². The smallest absolute Gasteiger partial charge is 0.255 e. The fourth-order valence-corrected chi connectivity index (χ4v) is 3.05. The number of hydrogen-bond acceptors (Lipinski definition) is 4. The van der Waals surface area contributed by atoms with Crippen LogP contribution in [0.1, 0.15) is 31.8 Å². The fraction of sp³-hybridized carbons (Fsp3) is 0.167. The summed E-state index contributed by atoms with van der Waals surface area (Å²) in [7, 11) is 3.13. The van der Waals surface area contributed by atoms with Crippen LogP contribution in [0.4, 0.5) is 5.69 Å². The number of carbonyl (C=O) groups is 2. The Hall–Kier alpha value is -3.80. The predicted molar refractivity (Wildman–Crippen MR) is 116 cm³/mol. The maximum atomic E-state index is 12.7. The topological polar surface area (TPSA) is 76.7 Å². The van der Waals surface area contributed by atoms with Gasteiger partial charge >= 0.3 is 0 Å². The van der Waals surface area contributed by atoms with E-state index in [1.54, 1.807) is 56.7 Å². The number of anilines is 1. The lowest BCUT2D eigenvalue weighted by Gasteiger charge is -2.14. The zero-order chi connectivity index (χ0) is 21.5. The summed E-state index contributed by atoms with van der Waals surface area (Å²) in [6.07, 6.45) is 0. The van der Waals surface area contributed by atoms with Crippen LogP contribution >= 0.6 is 0 Å². The number of nitrogens with one attached hydrogen (secondary N) is 2. The molecule has 154 valence electrons. The highest BCUT2D eigenvalue weighted by Crippen LogP contribution is 2.30. The van der Waals surface area contributed by atoms with Crippen LogP contribution in [-0.2, 0) is 6.54 Å². The lowest BCUT2D eigenvalue weighted by molar-refractivity contribution is 0.0949. The van der Waals surface area contributed by atoms with Gasteiger partial charge in [-0.05, 0) is 42.8 Å². The quantitative estimate of drug-likeness (QED) is 0.619. The number of para-hydroxylation sites is 1. The summed E-state index contributed by atoms with van der Waals surface area (Å²) < 4.78 is 10.7. The Kier molecular flexibility index (Phi) is 6.70. The van der Waals surface area contributed by atoms with Crippen LogP contribution in [0.3, 0.4) is 0 Å². The molecule has 3 aromatic carbocycles. The number of rotatable bonds is 7. The molecule has 0 aliphatic carbocycles. The molecule has 2 N–H and O–H groups in total. The Morgan fingerprint density at radius 2 is 1.60 bits per heavy atom. The second-order valence-electron chi connectivity index (χ2n) is 6.69. The average Bonchev–Trinajstić information content (AvgIpc) is 2.78. The molecule has 0 radical (unpaired) electrons. The fourth-order valence-electron chi connectivity index (χ4n) is 3.05. The summed E-state index contributed by atoms with van der Waals surface area (Å²) in [5.41, 5.74) is 3.26. The molecule has 0 aromatic heterocycles. The van der Waals surface area contributed by atoms with E-state index in [1.165, 1.54) is 0 Å². The summed E-state index contributed by atoms with van der Waals surface area (Å²) in [4.78, 5) is 25.1. The molecule has 0 atom stereocenters. The van der Waals surface area contributed by atoms with E-state index in [-0.39, 0.29) is 18.4 Å². The second-order valence-corrected chi connectivity index (χ2v) is 6.69. The molecule has 0 saturated carbocycles. The van der Waals surface area contributed by atoms with E-state index >= 15 is 0 Å². The average molecular weight is 404 g/mol. The molecule has 3 rings (SSSR count). The molecule has 2 amide bonds. The van der Waals surface area contributed by atoms with Gasteiger partial charge in [0.25, 0.3) is 11.8 Å². The van der Waals surface area contributed by atoms with Gasteiger partial charge in [0.1, 0.15) is 0 Å². The van der Waals surface area contributed by atoms with Gasteiger partial charge in [-0.3, -0.25) is 9.59 Å². The SMILES string of the molecule is COc1cccc(CNC(=O)c2ccc(C)c(NC(=O)c3ccccc3)c2)c1OC. The van der Waals surface area contributed by atoms with Gasteiger partial charge in [-0.1, -0.05) is 36.4 Å². The minimum Gasteiger partial charge on any atom is -0.493 e. The summed E-state index contributed by atoms with van der Waals surface area (Å²) in [5.74, 6) is 0.706. The zero-order valence-corrected chi connectivity index (χ0v) is 17.2. The molecule has 3 aromatic rings. The Morgan fingerprint density at radius 3 is 2.30 bits per heavy atom. The van der Waals surface area contributed by atoms with Gasteiger partial charge < -0.3 is 20.1 Å². The monoisotopic (exact) mass is 404 g/mol. The van der Waals surface area contributed by atoms with Crippen molar-refractivity contribution in [3.8, 4) is 11.5 Å². The van der Waals surface area contributed by atoms with Gasteiger partial charge in [-0.15, -0.1) is 0 Å². The van der Waals surface area contributed by atoms with Crippen LogP contribution in [0.2, 0.25) is 0 Å². The maximum Gasteiger partial charge on any atom is 0.255 e. The van der Waals surface area contributed by atoms with E-state index in [0.29, 0.717) is 28.3 Å². The molecule has 6 heteroatoms. The standard InChI is InChI=1S/C24H24N2O4/c1-16-12-13-18(14-20(16)26-24(28)17-8-5-4-6-9-17)23(27)25-15-19-10-7-11-21(29-2)22(19)30-3/h4-14H,15H2,1-3H3,(H,25,27)(H,26,28). The van der Waals surface area contributed by atoms with Crippen molar-refractivity contribution in [2.75, 3.05) is 19.5 Å². The number of carbonyl (C=O) groups excluding carboxylic acids is 2. The molecule has 0 unspecified atom stereocenters. The summed E-state index contributed by atoms with van der Waals surface area (Å²) >= 11 is 0. The molecular weight excluding hydrogens is 380 g/mol. The Bertz CT molecular complexity index is 1050. The Morgan fingerprint density at radius 1 is 0.833 bits per heavy atom. The lowest BCUT2D eigenvalue weighted by Crippen LogP contribution is -2.23. The Labute approximate surface area is 175 Å². The Balaban J connectivity index is 1.73. The van der Waals surface area contributed by atoms with Crippen molar-refractivity contribution in [1.29, 1.82) is 0 Å². The van der Waals surface area contributed by atoms with Crippen molar-refractivity contribution in [3.63, 3.8) is 0 Å². The molecule has 30 heavy (non-hydrogen) atoms.